The number of aliphatic hydroxyl groups excluding tert-OH is 1. The molecule has 0 radical (unpaired) electrons. The number of rotatable bonds is 0. The summed E-state index contributed by atoms with van der Waals surface area (Å²) in [4.78, 5) is 0. The van der Waals surface area contributed by atoms with Crippen LogP contribution in [0.4, 0.5) is 0 Å². The van der Waals surface area contributed by atoms with Crippen molar-refractivity contribution in [2.75, 3.05) is 13.1 Å². The highest BCUT2D eigenvalue weighted by molar-refractivity contribution is 4.65. The fourth-order valence-corrected chi connectivity index (χ4v) is 0.770. The summed E-state index contributed by atoms with van der Waals surface area (Å²) in [6.07, 6.45) is 1.58. The monoisotopic (exact) mass is 102 g/mol. The Morgan fingerprint density at radius 3 is 3.14 bits per heavy atom. The molecule has 1 aliphatic rings. The molecule has 0 saturated carbocycles. The zero-order valence-electron chi connectivity index (χ0n) is 5.30. The Labute approximate surface area is 45.0 Å². The number of aliphatic hydroxyl groups is 1. The van der Waals surface area contributed by atoms with E-state index in [1.165, 1.54) is 5.31 Å². The van der Waals surface area contributed by atoms with Crippen LogP contribution in [0.25, 0.3) is 0 Å². The summed E-state index contributed by atoms with van der Waals surface area (Å²) in [7, 11) is 0. The van der Waals surface area contributed by atoms with Crippen molar-refractivity contribution in [3.05, 3.63) is 0 Å². The van der Waals surface area contributed by atoms with Crippen molar-refractivity contribution in [1.29, 1.82) is 0 Å². The van der Waals surface area contributed by atoms with E-state index in [-0.39, 0.29) is 6.10 Å². The van der Waals surface area contributed by atoms with Gasteiger partial charge >= 0.3 is 0 Å². The Kier molecular flexibility index (Phi) is 1.26. The summed E-state index contributed by atoms with van der Waals surface area (Å²) >= 11 is 0. The highest BCUT2D eigenvalue weighted by Crippen LogP contribution is 1.98. The highest BCUT2D eigenvalue weighted by Gasteiger charge is 2.06. The Morgan fingerprint density at radius 2 is 2.71 bits per heavy atom. The van der Waals surface area contributed by atoms with Crippen molar-refractivity contribution in [1.82, 2.24) is 5.31 Å². The molecule has 0 unspecified atom stereocenters. The predicted molar refractivity (Wildman–Crippen MR) is 28.1 cm³/mol. The van der Waals surface area contributed by atoms with Gasteiger partial charge in [0, 0.05) is 6.54 Å². The van der Waals surface area contributed by atoms with E-state index >= 15 is 0 Å². The molecule has 2 N–H and O–H groups in total. The molecule has 2 nitrogen and oxygen atoms in total. The fraction of sp³-hybridized carbons (Fsp3) is 1.00. The third-order valence-corrected chi connectivity index (χ3v) is 1.19. The summed E-state index contributed by atoms with van der Waals surface area (Å²) in [6, 6.07) is 0. The summed E-state index contributed by atoms with van der Waals surface area (Å²) in [5.41, 5.74) is 0. The van der Waals surface area contributed by atoms with Crippen LogP contribution in [0.5, 0.6) is 0 Å². The average Bonchev–Trinajstić information content (AvgIpc) is 1.64. The van der Waals surface area contributed by atoms with Crippen molar-refractivity contribution >= 4 is 0 Å². The quantitative estimate of drug-likeness (QED) is 0.441. The van der Waals surface area contributed by atoms with Crippen LogP contribution in [0.3, 0.4) is 0 Å². The second kappa shape index (κ2) is 2.28. The molecule has 0 aliphatic carbocycles. The van der Waals surface area contributed by atoms with Gasteiger partial charge in [0.25, 0.3) is 0 Å². The van der Waals surface area contributed by atoms with E-state index < -0.39 is 0 Å². The second-order valence-corrected chi connectivity index (χ2v) is 1.93. The molecule has 1 fully saturated rings. The molecule has 1 rings (SSSR count). The van der Waals surface area contributed by atoms with E-state index in [0.717, 1.165) is 19.4 Å². The van der Waals surface area contributed by atoms with Crippen molar-refractivity contribution in [3.8, 4) is 0 Å². The molecule has 0 amide bonds. The van der Waals surface area contributed by atoms with Crippen molar-refractivity contribution in [3.63, 3.8) is 0 Å². The molecule has 7 heavy (non-hydrogen) atoms. The van der Waals surface area contributed by atoms with Gasteiger partial charge in [-0.25, -0.2) is 0 Å². The van der Waals surface area contributed by atoms with Gasteiger partial charge in [0.1, 0.15) is 1.41 Å². The van der Waals surface area contributed by atoms with Crippen LogP contribution < -0.4 is 5.31 Å². The van der Waals surface area contributed by atoms with Crippen LogP contribution in [0.2, 0.25) is 1.41 Å². The Bertz CT molecular complexity index is 70.8. The zero-order chi connectivity index (χ0) is 5.98. The maximum Gasteiger partial charge on any atom is 0.122 e. The molecule has 0 bridgehead atoms. The first-order chi connectivity index (χ1) is 3.79. The third kappa shape index (κ3) is 1.45. The Hall–Kier alpha value is -0.0800. The summed E-state index contributed by atoms with van der Waals surface area (Å²) in [5.74, 6) is 0. The molecule has 0 aromatic heterocycles. The third-order valence-electron chi connectivity index (χ3n) is 1.19. The maximum absolute atomic E-state index is 8.92. The van der Waals surface area contributed by atoms with Gasteiger partial charge < -0.3 is 10.4 Å². The van der Waals surface area contributed by atoms with Gasteiger partial charge in [-0.2, -0.15) is 0 Å². The lowest BCUT2D eigenvalue weighted by Crippen LogP contribution is -2.33. The van der Waals surface area contributed by atoms with Gasteiger partial charge in [-0.3, -0.25) is 0 Å². The van der Waals surface area contributed by atoms with Crippen LogP contribution in [0.1, 0.15) is 12.8 Å². The minimum Gasteiger partial charge on any atom is -0.392 e. The zero-order valence-corrected chi connectivity index (χ0v) is 4.30. The summed E-state index contributed by atoms with van der Waals surface area (Å²) in [5, 5.41) is 10.3. The van der Waals surface area contributed by atoms with Gasteiger partial charge in [0.2, 0.25) is 0 Å². The largest absolute Gasteiger partial charge is 0.392 e. The summed E-state index contributed by atoms with van der Waals surface area (Å²) < 4.78 is 7.08. The van der Waals surface area contributed by atoms with Crippen LogP contribution >= 0.6 is 0 Å². The van der Waals surface area contributed by atoms with Crippen LogP contribution in [-0.4, -0.2) is 24.3 Å². The van der Waals surface area contributed by atoms with Gasteiger partial charge in [-0.05, 0) is 19.4 Å². The number of hydrogen-bond donors (Lipinski definition) is 2. The van der Waals surface area contributed by atoms with Gasteiger partial charge in [0.05, 0.1) is 6.10 Å². The lowest BCUT2D eigenvalue weighted by Gasteiger charge is -2.16. The normalized spacial score (nSPS) is 37.9. The number of hydrogen-bond acceptors (Lipinski definition) is 2. The fourth-order valence-electron chi connectivity index (χ4n) is 0.770. The minimum atomic E-state index is -0.249. The van der Waals surface area contributed by atoms with E-state index in [2.05, 4.69) is 0 Å². The van der Waals surface area contributed by atoms with Crippen LogP contribution in [-0.2, 0) is 0 Å². The van der Waals surface area contributed by atoms with Crippen molar-refractivity contribution < 1.29 is 6.52 Å². The lowest BCUT2D eigenvalue weighted by atomic mass is 10.1. The van der Waals surface area contributed by atoms with E-state index in [9.17, 15) is 0 Å². The number of piperidine rings is 1. The van der Waals surface area contributed by atoms with Gasteiger partial charge in [0.15, 0.2) is 0 Å². The molecule has 1 atom stereocenters. The molecule has 1 saturated heterocycles. The number of β-amino-alcohol motifs (C(OH)–C–C–N with tert-alkyl or cyclic N) is 1. The van der Waals surface area contributed by atoms with E-state index in [1.807, 2.05) is 0 Å². The first-order valence-corrected chi connectivity index (χ1v) is 2.71. The minimum absolute atomic E-state index is 0.249. The molecule has 0 aromatic carbocycles. The Morgan fingerprint density at radius 1 is 1.86 bits per heavy atom. The molecular weight excluding hydrogens is 90.1 g/mol. The maximum atomic E-state index is 8.92. The predicted octanol–water partition coefficient (Wildman–Crippen LogP) is -0.269. The smallest absolute Gasteiger partial charge is 0.122 e. The van der Waals surface area contributed by atoms with E-state index in [4.69, 9.17) is 6.52 Å². The second-order valence-electron chi connectivity index (χ2n) is 1.93. The summed E-state index contributed by atoms with van der Waals surface area (Å²) in [6.45, 7) is 1.34. The lowest BCUT2D eigenvalue weighted by molar-refractivity contribution is 0.142. The highest BCUT2D eigenvalue weighted by atomic mass is 16.3. The molecule has 0 aromatic rings. The topological polar surface area (TPSA) is 32.3 Å². The number of nitrogens with one attached hydrogen (secondary N) is 1. The average molecular weight is 102 g/mol. The van der Waals surface area contributed by atoms with Crippen molar-refractivity contribution in [2.45, 2.75) is 18.9 Å². The van der Waals surface area contributed by atoms with Gasteiger partial charge in [-0.15, -0.1) is 0 Å². The van der Waals surface area contributed by atoms with E-state index in [0.29, 0.717) is 6.54 Å². The first kappa shape index (κ1) is 3.87. The van der Waals surface area contributed by atoms with Gasteiger partial charge in [-0.1, -0.05) is 0 Å². The molecule has 0 spiro atoms. The van der Waals surface area contributed by atoms with E-state index in [1.54, 1.807) is 0 Å². The van der Waals surface area contributed by atoms with Crippen LogP contribution in [0, 0.1) is 0 Å². The molecule has 2 heteroatoms. The molecule has 42 valence electrons. The molecule has 1 heterocycles. The molecule has 1 aliphatic heterocycles. The Balaban J connectivity index is 2.23. The molecular formula is C5H11NO. The van der Waals surface area contributed by atoms with Crippen LogP contribution in [0.15, 0.2) is 0 Å². The standard InChI is InChI=1S/C5H11NO/c7-5-2-1-3-6-4-5/h5-7H,1-4H2/t5-/m0/s1/i/hD. The first-order valence-electron chi connectivity index (χ1n) is 3.15. The SMILES string of the molecule is [2H]N1CCC[C@H](O)C1. The van der Waals surface area contributed by atoms with Crippen molar-refractivity contribution in [2.24, 2.45) is 0 Å².